The third kappa shape index (κ3) is 7.17. The van der Waals surface area contributed by atoms with Crippen LogP contribution in [0.25, 0.3) is 0 Å². The number of carbonyl (C=O) groups excluding carboxylic acids is 1. The number of rotatable bonds is 4. The smallest absolute Gasteiger partial charge is 0.450 e. The number of benzene rings is 1. The van der Waals surface area contributed by atoms with E-state index >= 15 is 0 Å². The lowest BCUT2D eigenvalue weighted by atomic mass is 9.84. The van der Waals surface area contributed by atoms with E-state index in [9.17, 15) is 9.18 Å². The van der Waals surface area contributed by atoms with Crippen LogP contribution in [0.2, 0.25) is 5.02 Å². The van der Waals surface area contributed by atoms with E-state index < -0.39 is 12.0 Å². The largest absolute Gasteiger partial charge is 0.503 e. The van der Waals surface area contributed by atoms with Crippen LogP contribution < -0.4 is 5.32 Å². The van der Waals surface area contributed by atoms with Crippen molar-refractivity contribution in [2.75, 3.05) is 0 Å². The molecule has 0 spiro atoms. The zero-order valence-electron chi connectivity index (χ0n) is 13.6. The third-order valence-electron chi connectivity index (χ3n) is 4.19. The topological polar surface area (TPSA) is 86.6 Å². The molecule has 24 heavy (non-hydrogen) atoms. The van der Waals surface area contributed by atoms with Gasteiger partial charge in [0.15, 0.2) is 0 Å². The molecular formula is C17H23ClFNO4. The minimum Gasteiger partial charge on any atom is -0.450 e. The van der Waals surface area contributed by atoms with Crippen molar-refractivity contribution in [1.29, 1.82) is 0 Å². The fourth-order valence-corrected chi connectivity index (χ4v) is 3.09. The number of amides is 1. The first kappa shape index (κ1) is 20.2. The van der Waals surface area contributed by atoms with Crippen LogP contribution in [0, 0.1) is 11.7 Å². The van der Waals surface area contributed by atoms with Gasteiger partial charge in [-0.2, -0.15) is 0 Å². The molecule has 1 aliphatic carbocycles. The van der Waals surface area contributed by atoms with Crippen molar-refractivity contribution < 1.29 is 24.2 Å². The van der Waals surface area contributed by atoms with Gasteiger partial charge in [0, 0.05) is 16.6 Å². The van der Waals surface area contributed by atoms with E-state index in [0.717, 1.165) is 18.8 Å². The van der Waals surface area contributed by atoms with Crippen LogP contribution in [0.3, 0.4) is 0 Å². The molecule has 0 aromatic heterocycles. The van der Waals surface area contributed by atoms with Crippen molar-refractivity contribution in [2.45, 2.75) is 51.5 Å². The Kier molecular flexibility index (Phi) is 8.54. The number of carbonyl (C=O) groups is 2. The average Bonchev–Trinajstić information content (AvgIpc) is 2.51. The SMILES string of the molecule is CCC1CCC(NC(=O)Cc2c(F)cccc2Cl)CC1.O=C(O)O. The van der Waals surface area contributed by atoms with Gasteiger partial charge in [0.05, 0.1) is 6.42 Å². The van der Waals surface area contributed by atoms with E-state index in [1.807, 2.05) is 0 Å². The molecule has 0 unspecified atom stereocenters. The standard InChI is InChI=1S/C16H21ClFNO.CH2O3/c1-2-11-6-8-12(9-7-11)19-16(20)10-13-14(17)4-3-5-15(13)18;2-1(3)4/h3-5,11-12H,2,6-10H2,1H3,(H,19,20);(H2,2,3,4). The fourth-order valence-electron chi connectivity index (χ4n) is 2.86. The highest BCUT2D eigenvalue weighted by Crippen LogP contribution is 2.26. The predicted octanol–water partition coefficient (Wildman–Crippen LogP) is 4.33. The molecule has 0 bridgehead atoms. The molecule has 0 radical (unpaired) electrons. The first-order chi connectivity index (χ1) is 11.3. The molecule has 134 valence electrons. The summed E-state index contributed by atoms with van der Waals surface area (Å²) in [7, 11) is 0. The Morgan fingerprint density at radius 3 is 2.33 bits per heavy atom. The number of carboxylic acid groups (broad SMARTS) is 2. The first-order valence-electron chi connectivity index (χ1n) is 7.97. The first-order valence-corrected chi connectivity index (χ1v) is 8.35. The highest BCUT2D eigenvalue weighted by atomic mass is 35.5. The second-order valence-electron chi connectivity index (χ2n) is 5.85. The van der Waals surface area contributed by atoms with Gasteiger partial charge < -0.3 is 15.5 Å². The Morgan fingerprint density at radius 1 is 1.25 bits per heavy atom. The number of hydrogen-bond acceptors (Lipinski definition) is 2. The van der Waals surface area contributed by atoms with Gasteiger partial charge in [-0.05, 0) is 43.7 Å². The number of hydrogen-bond donors (Lipinski definition) is 3. The van der Waals surface area contributed by atoms with Crippen LogP contribution in [-0.4, -0.2) is 28.3 Å². The maximum atomic E-state index is 13.6. The van der Waals surface area contributed by atoms with Crippen molar-refractivity contribution in [1.82, 2.24) is 5.32 Å². The lowest BCUT2D eigenvalue weighted by Crippen LogP contribution is -2.38. The summed E-state index contributed by atoms with van der Waals surface area (Å²) in [6.45, 7) is 2.21. The van der Waals surface area contributed by atoms with Gasteiger partial charge in [0.1, 0.15) is 5.82 Å². The summed E-state index contributed by atoms with van der Waals surface area (Å²) in [5.74, 6) is 0.239. The molecule has 1 saturated carbocycles. The van der Waals surface area contributed by atoms with Gasteiger partial charge in [-0.15, -0.1) is 0 Å². The quantitative estimate of drug-likeness (QED) is 0.746. The van der Waals surface area contributed by atoms with Gasteiger partial charge in [0.2, 0.25) is 5.91 Å². The van der Waals surface area contributed by atoms with Crippen LogP contribution >= 0.6 is 11.6 Å². The molecule has 0 atom stereocenters. The predicted molar refractivity (Wildman–Crippen MR) is 89.9 cm³/mol. The zero-order valence-corrected chi connectivity index (χ0v) is 14.4. The third-order valence-corrected chi connectivity index (χ3v) is 4.54. The van der Waals surface area contributed by atoms with Crippen LogP contribution in [0.1, 0.15) is 44.6 Å². The molecule has 3 N–H and O–H groups in total. The van der Waals surface area contributed by atoms with Crippen molar-refractivity contribution in [2.24, 2.45) is 5.92 Å². The lowest BCUT2D eigenvalue weighted by Gasteiger charge is -2.28. The maximum Gasteiger partial charge on any atom is 0.503 e. The minimum atomic E-state index is -1.83. The zero-order chi connectivity index (χ0) is 18.1. The van der Waals surface area contributed by atoms with Crippen molar-refractivity contribution in [3.05, 3.63) is 34.6 Å². The molecule has 0 saturated heterocycles. The van der Waals surface area contributed by atoms with Gasteiger partial charge in [0.25, 0.3) is 0 Å². The van der Waals surface area contributed by atoms with Crippen molar-refractivity contribution >= 4 is 23.7 Å². The average molecular weight is 360 g/mol. The van der Waals surface area contributed by atoms with E-state index in [0.29, 0.717) is 5.02 Å². The minimum absolute atomic E-state index is 0.0131. The van der Waals surface area contributed by atoms with E-state index in [1.165, 1.54) is 25.3 Å². The Bertz CT molecular complexity index is 535. The van der Waals surface area contributed by atoms with Crippen molar-refractivity contribution in [3.8, 4) is 0 Å². The maximum absolute atomic E-state index is 13.6. The number of halogens is 2. The van der Waals surface area contributed by atoms with Crippen LogP contribution in [0.15, 0.2) is 18.2 Å². The summed E-state index contributed by atoms with van der Waals surface area (Å²) in [5, 5.41) is 17.3. The van der Waals surface area contributed by atoms with Crippen LogP contribution in [0.5, 0.6) is 0 Å². The Labute approximate surface area is 145 Å². The molecule has 0 aliphatic heterocycles. The Morgan fingerprint density at radius 2 is 1.83 bits per heavy atom. The van der Waals surface area contributed by atoms with Gasteiger partial charge in [-0.25, -0.2) is 9.18 Å². The Balaban J connectivity index is 0.000000648. The van der Waals surface area contributed by atoms with E-state index in [2.05, 4.69) is 12.2 Å². The summed E-state index contributed by atoms with van der Waals surface area (Å²) in [5.41, 5.74) is 0.286. The molecule has 0 heterocycles. The summed E-state index contributed by atoms with van der Waals surface area (Å²) in [4.78, 5) is 20.6. The molecule has 1 aromatic rings. The molecule has 1 aliphatic rings. The monoisotopic (exact) mass is 359 g/mol. The molecule has 2 rings (SSSR count). The summed E-state index contributed by atoms with van der Waals surface area (Å²) < 4.78 is 13.6. The molecular weight excluding hydrogens is 337 g/mol. The van der Waals surface area contributed by atoms with Crippen molar-refractivity contribution in [3.63, 3.8) is 0 Å². The molecule has 1 aromatic carbocycles. The molecule has 5 nitrogen and oxygen atoms in total. The number of nitrogens with one attached hydrogen (secondary N) is 1. The highest BCUT2D eigenvalue weighted by Gasteiger charge is 2.22. The van der Waals surface area contributed by atoms with E-state index in [4.69, 9.17) is 26.6 Å². The second-order valence-corrected chi connectivity index (χ2v) is 6.26. The fraction of sp³-hybridized carbons (Fsp3) is 0.529. The lowest BCUT2D eigenvalue weighted by molar-refractivity contribution is -0.121. The Hall–Kier alpha value is -1.82. The van der Waals surface area contributed by atoms with Crippen LogP contribution in [-0.2, 0) is 11.2 Å². The molecule has 1 amide bonds. The summed E-state index contributed by atoms with van der Waals surface area (Å²) >= 11 is 5.93. The van der Waals surface area contributed by atoms with Crippen LogP contribution in [0.4, 0.5) is 9.18 Å². The van der Waals surface area contributed by atoms with E-state index in [-0.39, 0.29) is 23.9 Å². The summed E-state index contributed by atoms with van der Waals surface area (Å²) in [6, 6.07) is 4.72. The van der Waals surface area contributed by atoms with Gasteiger partial charge in [-0.3, -0.25) is 4.79 Å². The van der Waals surface area contributed by atoms with E-state index in [1.54, 1.807) is 12.1 Å². The highest BCUT2D eigenvalue weighted by molar-refractivity contribution is 6.31. The van der Waals surface area contributed by atoms with Gasteiger partial charge >= 0.3 is 6.16 Å². The normalized spacial score (nSPS) is 19.8. The molecule has 7 heteroatoms. The van der Waals surface area contributed by atoms with Gasteiger partial charge in [-0.1, -0.05) is 31.0 Å². The summed E-state index contributed by atoms with van der Waals surface area (Å²) in [6.07, 6.45) is 3.78. The second kappa shape index (κ2) is 10.1. The molecule has 1 fully saturated rings.